The molecule has 8 rings (SSSR count). The fraction of sp³-hybridized carbons (Fsp3) is 0. The van der Waals surface area contributed by atoms with Gasteiger partial charge in [0.15, 0.2) is 5.78 Å². The largest absolute Gasteiger partial charge is 0.353 e. The first-order valence-corrected chi connectivity index (χ1v) is 15.8. The molecule has 0 fully saturated rings. The minimum Gasteiger partial charge on any atom is -0.353 e. The van der Waals surface area contributed by atoms with Gasteiger partial charge in [-0.1, -0.05) is 109 Å². The summed E-state index contributed by atoms with van der Waals surface area (Å²) in [7, 11) is 0. The van der Waals surface area contributed by atoms with Crippen molar-refractivity contribution in [1.29, 1.82) is 0 Å². The summed E-state index contributed by atoms with van der Waals surface area (Å²) in [6.45, 7) is 0. The molecule has 7 aromatic rings. The summed E-state index contributed by atoms with van der Waals surface area (Å²) in [5, 5.41) is 6.01. The number of hydrogen-bond donors (Lipinski definition) is 1. The fourth-order valence-electron chi connectivity index (χ4n) is 5.97. The number of para-hydroxylation sites is 3. The molecule has 0 unspecified atom stereocenters. The van der Waals surface area contributed by atoms with Crippen LogP contribution in [0.25, 0.3) is 21.9 Å². The highest BCUT2D eigenvalue weighted by atomic mass is 32.2. The highest BCUT2D eigenvalue weighted by Gasteiger charge is 2.19. The van der Waals surface area contributed by atoms with Gasteiger partial charge in [-0.3, -0.25) is 4.79 Å². The van der Waals surface area contributed by atoms with E-state index in [1.165, 1.54) is 20.6 Å². The number of fused-ring (bicyclic) bond motifs is 3. The van der Waals surface area contributed by atoms with Crippen LogP contribution in [0, 0.1) is 0 Å². The maximum absolute atomic E-state index is 13.6. The zero-order chi connectivity index (χ0) is 30.2. The van der Waals surface area contributed by atoms with Crippen LogP contribution in [0.4, 0.5) is 28.4 Å². The van der Waals surface area contributed by atoms with E-state index in [1.54, 1.807) is 11.8 Å². The van der Waals surface area contributed by atoms with E-state index < -0.39 is 0 Å². The second kappa shape index (κ2) is 11.5. The van der Waals surface area contributed by atoms with Gasteiger partial charge in [0.1, 0.15) is 0 Å². The Hall–Kier alpha value is -5.58. The number of hydrogen-bond acceptors (Lipinski definition) is 4. The molecule has 214 valence electrons. The Labute approximate surface area is 266 Å². The summed E-state index contributed by atoms with van der Waals surface area (Å²) in [5.41, 5.74) is 8.84. The Balaban J connectivity index is 1.07. The van der Waals surface area contributed by atoms with Gasteiger partial charge in [0.25, 0.3) is 0 Å². The van der Waals surface area contributed by atoms with Crippen molar-refractivity contribution in [3.63, 3.8) is 0 Å². The van der Waals surface area contributed by atoms with Crippen molar-refractivity contribution in [1.82, 2.24) is 0 Å². The van der Waals surface area contributed by atoms with Crippen molar-refractivity contribution in [3.8, 4) is 11.1 Å². The number of nitrogens with zero attached hydrogens (tertiary/aromatic N) is 1. The first-order valence-electron chi connectivity index (χ1n) is 15.0. The van der Waals surface area contributed by atoms with Crippen LogP contribution in [-0.4, -0.2) is 5.78 Å². The Morgan fingerprint density at radius 3 is 1.93 bits per heavy atom. The summed E-state index contributed by atoms with van der Waals surface area (Å²) in [4.78, 5) is 18.2. The van der Waals surface area contributed by atoms with Gasteiger partial charge in [-0.25, -0.2) is 0 Å². The van der Waals surface area contributed by atoms with Gasteiger partial charge < -0.3 is 10.2 Å². The monoisotopic (exact) mass is 596 g/mol. The minimum absolute atomic E-state index is 0.00256. The third-order valence-electron chi connectivity index (χ3n) is 8.24. The zero-order valence-corrected chi connectivity index (χ0v) is 25.2. The highest BCUT2D eigenvalue weighted by molar-refractivity contribution is 7.99. The van der Waals surface area contributed by atoms with Crippen LogP contribution in [0.1, 0.15) is 15.9 Å². The maximum atomic E-state index is 13.6. The minimum atomic E-state index is 0.00256. The number of rotatable bonds is 6. The average Bonchev–Trinajstić information content (AvgIpc) is 3.11. The van der Waals surface area contributed by atoms with Crippen molar-refractivity contribution in [2.45, 2.75) is 9.79 Å². The van der Waals surface area contributed by atoms with E-state index in [-0.39, 0.29) is 5.78 Å². The summed E-state index contributed by atoms with van der Waals surface area (Å²) in [6, 6.07) is 55.8. The Bertz CT molecular complexity index is 2170. The third kappa shape index (κ3) is 5.16. The van der Waals surface area contributed by atoms with Gasteiger partial charge in [-0.05, 0) is 83.1 Å². The van der Waals surface area contributed by atoms with Gasteiger partial charge in [-0.2, -0.15) is 0 Å². The molecule has 45 heavy (non-hydrogen) atoms. The average molecular weight is 597 g/mol. The topological polar surface area (TPSA) is 32.3 Å². The number of carbonyl (C=O) groups excluding carboxylic acids is 1. The molecule has 1 heterocycles. The second-order valence-electron chi connectivity index (χ2n) is 11.1. The Kier molecular flexibility index (Phi) is 6.90. The van der Waals surface area contributed by atoms with Gasteiger partial charge in [0.05, 0.1) is 11.4 Å². The lowest BCUT2D eigenvalue weighted by atomic mass is 9.98. The lowest BCUT2D eigenvalue weighted by Crippen LogP contribution is -2.10. The second-order valence-corrected chi connectivity index (χ2v) is 12.1. The van der Waals surface area contributed by atoms with Crippen molar-refractivity contribution in [2.24, 2.45) is 0 Å². The number of benzene rings is 7. The SMILES string of the molecule is O=C(c1ccc(-c2cccc3c2Nc2ccccc2S3)cc1)c1ccc(N(c2ccccc2)c2ccc3ccccc3c2)cc1. The molecular weight excluding hydrogens is 569 g/mol. The zero-order valence-electron chi connectivity index (χ0n) is 24.4. The quantitative estimate of drug-likeness (QED) is 0.194. The Morgan fingerprint density at radius 1 is 0.511 bits per heavy atom. The molecule has 0 spiro atoms. The predicted octanol–water partition coefficient (Wildman–Crippen LogP) is 11.4. The van der Waals surface area contributed by atoms with Crippen LogP contribution in [-0.2, 0) is 0 Å². The standard InChI is InChI=1S/C41H28N2OS/c44-41(30-19-17-29(18-20-30)36-13-8-16-39-40(36)42-37-14-6-7-15-38(37)45-39)31-22-24-34(25-23-31)43(33-11-2-1-3-12-33)35-26-21-28-9-4-5-10-32(28)27-35/h1-27,42H. The smallest absolute Gasteiger partial charge is 0.193 e. The van der Waals surface area contributed by atoms with E-state index in [2.05, 4.69) is 107 Å². The Morgan fingerprint density at radius 2 is 1.13 bits per heavy atom. The van der Waals surface area contributed by atoms with E-state index in [4.69, 9.17) is 0 Å². The van der Waals surface area contributed by atoms with Gasteiger partial charge in [0.2, 0.25) is 0 Å². The van der Waals surface area contributed by atoms with Crippen LogP contribution >= 0.6 is 11.8 Å². The predicted molar refractivity (Wildman–Crippen MR) is 188 cm³/mol. The number of anilines is 5. The highest BCUT2D eigenvalue weighted by Crippen LogP contribution is 2.47. The van der Waals surface area contributed by atoms with E-state index in [0.717, 1.165) is 39.6 Å². The lowest BCUT2D eigenvalue weighted by molar-refractivity contribution is 0.103. The van der Waals surface area contributed by atoms with Crippen molar-refractivity contribution < 1.29 is 4.79 Å². The first kappa shape index (κ1) is 27.0. The van der Waals surface area contributed by atoms with Gasteiger partial charge in [0, 0.05) is 43.5 Å². The van der Waals surface area contributed by atoms with Crippen molar-refractivity contribution >= 4 is 56.8 Å². The van der Waals surface area contributed by atoms with E-state index in [0.29, 0.717) is 11.1 Å². The molecule has 0 aromatic heterocycles. The normalized spacial score (nSPS) is 11.7. The van der Waals surface area contributed by atoms with E-state index >= 15 is 0 Å². The summed E-state index contributed by atoms with van der Waals surface area (Å²) in [5.74, 6) is 0.00256. The summed E-state index contributed by atoms with van der Waals surface area (Å²) in [6.07, 6.45) is 0. The molecular formula is C41H28N2OS. The van der Waals surface area contributed by atoms with Crippen LogP contribution in [0.5, 0.6) is 0 Å². The molecule has 0 bridgehead atoms. The summed E-state index contributed by atoms with van der Waals surface area (Å²) >= 11 is 1.78. The fourth-order valence-corrected chi connectivity index (χ4v) is 6.99. The number of nitrogens with one attached hydrogen (secondary N) is 1. The maximum Gasteiger partial charge on any atom is 0.193 e. The number of carbonyl (C=O) groups is 1. The molecule has 7 aromatic carbocycles. The molecule has 4 heteroatoms. The van der Waals surface area contributed by atoms with Crippen molar-refractivity contribution in [3.05, 3.63) is 175 Å². The molecule has 0 aliphatic carbocycles. The molecule has 0 saturated heterocycles. The lowest BCUT2D eigenvalue weighted by Gasteiger charge is -2.26. The van der Waals surface area contributed by atoms with Gasteiger partial charge in [-0.15, -0.1) is 0 Å². The molecule has 1 N–H and O–H groups in total. The summed E-state index contributed by atoms with van der Waals surface area (Å²) < 4.78 is 0. The molecule has 1 aliphatic heterocycles. The molecule has 0 amide bonds. The van der Waals surface area contributed by atoms with E-state index in [1.807, 2.05) is 66.7 Å². The molecule has 0 radical (unpaired) electrons. The molecule has 3 nitrogen and oxygen atoms in total. The van der Waals surface area contributed by atoms with E-state index in [9.17, 15) is 4.79 Å². The van der Waals surface area contributed by atoms with Crippen LogP contribution < -0.4 is 10.2 Å². The van der Waals surface area contributed by atoms with Crippen LogP contribution in [0.15, 0.2) is 174 Å². The molecule has 0 atom stereocenters. The third-order valence-corrected chi connectivity index (χ3v) is 9.38. The first-order chi connectivity index (χ1) is 22.2. The van der Waals surface area contributed by atoms with Crippen molar-refractivity contribution in [2.75, 3.05) is 10.2 Å². The van der Waals surface area contributed by atoms with Crippen LogP contribution in [0.2, 0.25) is 0 Å². The number of ketones is 1. The van der Waals surface area contributed by atoms with Crippen LogP contribution in [0.3, 0.4) is 0 Å². The molecule has 1 aliphatic rings. The molecule has 0 saturated carbocycles. The van der Waals surface area contributed by atoms with Gasteiger partial charge >= 0.3 is 0 Å².